The van der Waals surface area contributed by atoms with E-state index in [1.807, 2.05) is 37.2 Å². The van der Waals surface area contributed by atoms with Gasteiger partial charge in [-0.2, -0.15) is 4.58 Å². The van der Waals surface area contributed by atoms with Gasteiger partial charge in [0.2, 0.25) is 11.5 Å². The number of halogens is 2. The highest BCUT2D eigenvalue weighted by molar-refractivity contribution is 9.08. The molecule has 7 heteroatoms. The number of hydrogen-bond donors (Lipinski definition) is 0. The summed E-state index contributed by atoms with van der Waals surface area (Å²) in [5, 5.41) is 0. The van der Waals surface area contributed by atoms with E-state index < -0.39 is 5.41 Å². The van der Waals surface area contributed by atoms with Gasteiger partial charge in [-0.1, -0.05) is 48.0 Å². The van der Waals surface area contributed by atoms with Crippen LogP contribution in [-0.2, 0) is 20.4 Å². The van der Waals surface area contributed by atoms with E-state index in [4.69, 9.17) is 4.74 Å². The van der Waals surface area contributed by atoms with Crippen LogP contribution in [0, 0.1) is 5.82 Å². The maximum atomic E-state index is 14.4. The molecule has 2 aliphatic heterocycles. The summed E-state index contributed by atoms with van der Waals surface area (Å²) in [4.78, 5) is 16.0. The second-order valence-corrected chi connectivity index (χ2v) is 13.3. The first-order chi connectivity index (χ1) is 19.7. The zero-order chi connectivity index (χ0) is 31.2. The normalized spacial score (nSPS) is 20.5. The summed E-state index contributed by atoms with van der Waals surface area (Å²) in [7, 11) is 10.2. The van der Waals surface area contributed by atoms with Crippen LogP contribution in [0.3, 0.4) is 0 Å². The summed E-state index contributed by atoms with van der Waals surface area (Å²) in [5.41, 5.74) is 6.83. The van der Waals surface area contributed by atoms with Crippen LogP contribution in [0.5, 0.6) is 0 Å². The number of nitrogens with zero attached hydrogens (tertiary/aromatic N) is 3. The van der Waals surface area contributed by atoms with E-state index in [1.54, 1.807) is 13.2 Å². The number of alkyl halides is 1. The third-order valence-electron chi connectivity index (χ3n) is 8.75. The molecule has 0 radical (unpaired) electrons. The second-order valence-electron chi connectivity index (χ2n) is 13.3. The van der Waals surface area contributed by atoms with Crippen LogP contribution >= 0.6 is 15.9 Å². The Kier molecular flexibility index (Phi) is 8.79. The molecule has 0 saturated carbocycles. The lowest BCUT2D eigenvalue weighted by Crippen LogP contribution is -2.37. The van der Waals surface area contributed by atoms with Gasteiger partial charge in [0.15, 0.2) is 5.71 Å². The number of anilines is 1. The number of quaternary nitrogens is 1. The molecule has 0 aromatic heterocycles. The van der Waals surface area contributed by atoms with Crippen molar-refractivity contribution in [2.75, 3.05) is 59.1 Å². The Morgan fingerprint density at radius 2 is 1.67 bits per heavy atom. The Morgan fingerprint density at radius 3 is 2.29 bits per heavy atom. The van der Waals surface area contributed by atoms with Crippen molar-refractivity contribution >= 4 is 38.8 Å². The maximum absolute atomic E-state index is 14.4. The number of ether oxygens (including phenoxy) is 1. The molecular weight excluding hydrogens is 593 g/mol. The van der Waals surface area contributed by atoms with Crippen molar-refractivity contribution in [2.45, 2.75) is 44.9 Å². The lowest BCUT2D eigenvalue weighted by molar-refractivity contribution is -0.870. The molecule has 0 fully saturated rings. The fourth-order valence-electron chi connectivity index (χ4n) is 6.50. The molecule has 2 aromatic rings. The molecule has 5 nitrogen and oxygen atoms in total. The molecular formula is C35H45BrFN3O2+2. The zero-order valence-corrected chi connectivity index (χ0v) is 28.3. The van der Waals surface area contributed by atoms with Crippen LogP contribution in [0.2, 0.25) is 0 Å². The van der Waals surface area contributed by atoms with E-state index in [9.17, 15) is 9.18 Å². The van der Waals surface area contributed by atoms with E-state index in [0.717, 1.165) is 52.3 Å². The van der Waals surface area contributed by atoms with Crippen LogP contribution in [0.4, 0.5) is 15.8 Å². The highest BCUT2D eigenvalue weighted by Crippen LogP contribution is 2.49. The second kappa shape index (κ2) is 11.6. The van der Waals surface area contributed by atoms with E-state index >= 15 is 0 Å². The lowest BCUT2D eigenvalue weighted by Gasteiger charge is -2.31. The van der Waals surface area contributed by atoms with Crippen molar-refractivity contribution in [1.82, 2.24) is 0 Å². The number of carbonyl (C=O) groups excluding carboxylic acids is 1. The number of para-hydroxylation sites is 1. The van der Waals surface area contributed by atoms with Crippen molar-refractivity contribution in [3.8, 4) is 0 Å². The first-order valence-corrected chi connectivity index (χ1v) is 16.0. The van der Waals surface area contributed by atoms with Gasteiger partial charge in [0.25, 0.3) is 0 Å². The predicted molar refractivity (Wildman–Crippen MR) is 175 cm³/mol. The molecule has 0 bridgehead atoms. The number of hydrogen-bond acceptors (Lipinski definition) is 3. The molecule has 0 unspecified atom stereocenters. The van der Waals surface area contributed by atoms with E-state index in [0.29, 0.717) is 16.9 Å². The van der Waals surface area contributed by atoms with Gasteiger partial charge in [-0.05, 0) is 49.5 Å². The smallest absolute Gasteiger partial charge is 0.209 e. The van der Waals surface area contributed by atoms with E-state index in [-0.39, 0.29) is 17.0 Å². The van der Waals surface area contributed by atoms with Gasteiger partial charge < -0.3 is 14.1 Å². The molecule has 3 aliphatic rings. The van der Waals surface area contributed by atoms with Crippen LogP contribution < -0.4 is 4.90 Å². The van der Waals surface area contributed by atoms with Crippen LogP contribution in [0.1, 0.15) is 45.2 Å². The minimum Gasteiger partial charge on any atom is -0.495 e. The third-order valence-corrected chi connectivity index (χ3v) is 8.75. The number of fused-ring (bicyclic) bond motifs is 2. The summed E-state index contributed by atoms with van der Waals surface area (Å²) < 4.78 is 23.3. The minimum atomic E-state index is -0.469. The van der Waals surface area contributed by atoms with Crippen LogP contribution in [0.25, 0.3) is 0 Å². The molecule has 224 valence electrons. The topological polar surface area (TPSA) is 32.5 Å². The summed E-state index contributed by atoms with van der Waals surface area (Å²) in [6.07, 6.45) is 4.93. The molecule has 0 saturated heterocycles. The monoisotopic (exact) mass is 637 g/mol. The van der Waals surface area contributed by atoms with Gasteiger partial charge in [0.05, 0.1) is 51.4 Å². The number of rotatable bonds is 7. The molecule has 5 rings (SSSR count). The van der Waals surface area contributed by atoms with Crippen molar-refractivity contribution in [2.24, 2.45) is 0 Å². The summed E-state index contributed by atoms with van der Waals surface area (Å²) >= 11 is 2.94. The van der Waals surface area contributed by atoms with Crippen molar-refractivity contribution in [3.63, 3.8) is 0 Å². The van der Waals surface area contributed by atoms with E-state index in [2.05, 4.69) is 92.4 Å². The Hall–Kier alpha value is -3.03. The number of carbonyl (C=O) groups is 1. The van der Waals surface area contributed by atoms with Crippen LogP contribution in [-0.4, -0.2) is 74.8 Å². The van der Waals surface area contributed by atoms with Gasteiger partial charge in [-0.3, -0.25) is 4.79 Å². The minimum absolute atomic E-state index is 0.0266. The maximum Gasteiger partial charge on any atom is 0.209 e. The molecule has 0 amide bonds. The molecule has 1 aliphatic carbocycles. The number of Topliss-reactive ketones (excluding diaryl/α,β-unsaturated/α-hetero) is 1. The largest absolute Gasteiger partial charge is 0.495 e. The number of benzene rings is 2. The van der Waals surface area contributed by atoms with Gasteiger partial charge in [0.1, 0.15) is 18.6 Å². The Labute approximate surface area is 259 Å². The zero-order valence-electron chi connectivity index (χ0n) is 26.7. The standard InChI is InChI=1S/C34H42FN3O2.CH3Br/c1-33(2)25-13-10-11-14-27(25)36(5)29(33)20-23-31(39)24(32(23)40-9)21-30-34(3,4)26-19-22(35)15-16-28(26)37(30)17-12-18-38(6,7)8;1-2/h10-11,13-16,19-21H,12,17-18H2,1-9H3;1H3/q+2;. The molecule has 0 N–H and O–H groups in total. The fourth-order valence-corrected chi connectivity index (χ4v) is 6.50. The van der Waals surface area contributed by atoms with Crippen molar-refractivity contribution < 1.29 is 23.0 Å². The lowest BCUT2D eigenvalue weighted by atomic mass is 9.77. The average Bonchev–Trinajstić information content (AvgIpc) is 3.26. The van der Waals surface area contributed by atoms with Gasteiger partial charge in [-0.15, -0.1) is 0 Å². The number of ketones is 1. The highest BCUT2D eigenvalue weighted by Gasteiger charge is 2.46. The Balaban J connectivity index is 0.00000198. The van der Waals surface area contributed by atoms with Gasteiger partial charge in [0, 0.05) is 47.5 Å². The Morgan fingerprint density at radius 1 is 1.00 bits per heavy atom. The third kappa shape index (κ3) is 5.42. The summed E-state index contributed by atoms with van der Waals surface area (Å²) in [5.74, 6) is 2.14. The first-order valence-electron chi connectivity index (χ1n) is 14.4. The van der Waals surface area contributed by atoms with Gasteiger partial charge >= 0.3 is 0 Å². The number of methoxy groups -OCH3 is 1. The first kappa shape index (κ1) is 31.9. The predicted octanol–water partition coefficient (Wildman–Crippen LogP) is 7.03. The van der Waals surface area contributed by atoms with E-state index in [1.165, 1.54) is 11.6 Å². The molecule has 42 heavy (non-hydrogen) atoms. The SMILES string of the molecule is CBr.COC1=C(/C=C2/N(CCC[N+](C)(C)C)c3ccc(F)cc3C2(C)C)C(=O)/C1=C\C1=[N+](C)c2ccccc2C1(C)C. The van der Waals surface area contributed by atoms with Gasteiger partial charge in [-0.25, -0.2) is 4.39 Å². The van der Waals surface area contributed by atoms with Crippen molar-refractivity contribution in [1.29, 1.82) is 0 Å². The Bertz CT molecular complexity index is 1540. The van der Waals surface area contributed by atoms with Crippen molar-refractivity contribution in [3.05, 3.63) is 94.2 Å². The van der Waals surface area contributed by atoms with Crippen LogP contribution in [0.15, 0.2) is 77.2 Å². The number of allylic oxidation sites excluding steroid dienone is 5. The highest BCUT2D eigenvalue weighted by atomic mass is 79.9. The quantitative estimate of drug-likeness (QED) is 0.141. The average molecular weight is 639 g/mol. The molecule has 2 heterocycles. The molecule has 0 atom stereocenters. The molecule has 0 spiro atoms. The fraction of sp³-hybridized carbons (Fsp3) is 0.429. The molecule has 2 aromatic carbocycles. The summed E-state index contributed by atoms with van der Waals surface area (Å²) in [6, 6.07) is 13.4. The summed E-state index contributed by atoms with van der Waals surface area (Å²) in [6.45, 7) is 10.4.